The van der Waals surface area contributed by atoms with Gasteiger partial charge in [0.2, 0.25) is 6.79 Å². The summed E-state index contributed by atoms with van der Waals surface area (Å²) in [6, 6.07) is 16.1. The Hall–Kier alpha value is -3.22. The normalized spacial score (nSPS) is 24.9. The van der Waals surface area contributed by atoms with E-state index in [4.69, 9.17) is 14.2 Å². The summed E-state index contributed by atoms with van der Waals surface area (Å²) in [4.78, 5) is 26.3. The summed E-state index contributed by atoms with van der Waals surface area (Å²) in [7, 11) is 1.27. The van der Waals surface area contributed by atoms with Crippen LogP contribution in [0.2, 0.25) is 0 Å². The number of hydrogen-bond acceptors (Lipinski definition) is 6. The van der Waals surface area contributed by atoms with Crippen LogP contribution in [0, 0.1) is 5.92 Å². The molecule has 0 spiro atoms. The van der Waals surface area contributed by atoms with Crippen molar-refractivity contribution in [2.45, 2.75) is 56.6 Å². The molecule has 1 saturated carbocycles. The number of carbonyl (C=O) groups is 2. The summed E-state index contributed by atoms with van der Waals surface area (Å²) in [5.74, 6) is 1.10. The standard InChI is InChI=1S/C27H31NO6/c1-31-26(30)34-18-33-21-11-10-20-15-24-22-9-5-6-12-27(22,23(20)16-21)13-14-28(24)25(29)32-17-19-7-3-2-4-8-19/h2-4,7-8,10-11,16,22,24H,5-6,9,12-15,17-18H2,1H3/t22-,24-,27+/m1/s1. The van der Waals surface area contributed by atoms with Gasteiger partial charge in [0.25, 0.3) is 0 Å². The Morgan fingerprint density at radius 1 is 1.06 bits per heavy atom. The third-order valence-corrected chi connectivity index (χ3v) is 7.82. The van der Waals surface area contributed by atoms with Crippen LogP contribution < -0.4 is 4.74 Å². The predicted octanol–water partition coefficient (Wildman–Crippen LogP) is 5.20. The number of methoxy groups -OCH3 is 1. The first kappa shape index (κ1) is 22.6. The zero-order valence-electron chi connectivity index (χ0n) is 19.5. The van der Waals surface area contributed by atoms with E-state index in [1.54, 1.807) is 0 Å². The van der Waals surface area contributed by atoms with Crippen molar-refractivity contribution < 1.29 is 28.5 Å². The van der Waals surface area contributed by atoms with E-state index in [2.05, 4.69) is 16.9 Å². The van der Waals surface area contributed by atoms with Gasteiger partial charge in [-0.2, -0.15) is 0 Å². The Kier molecular flexibility index (Phi) is 6.35. The number of benzene rings is 2. The molecule has 2 bridgehead atoms. The molecule has 2 fully saturated rings. The average molecular weight is 466 g/mol. The Bertz CT molecular complexity index is 1040. The maximum Gasteiger partial charge on any atom is 0.510 e. The number of fused-ring (bicyclic) bond motifs is 1. The van der Waals surface area contributed by atoms with E-state index < -0.39 is 6.16 Å². The minimum absolute atomic E-state index is 0.0509. The highest BCUT2D eigenvalue weighted by Gasteiger charge is 2.55. The van der Waals surface area contributed by atoms with Crippen molar-refractivity contribution in [3.05, 3.63) is 65.2 Å². The zero-order chi connectivity index (χ0) is 23.5. The summed E-state index contributed by atoms with van der Waals surface area (Å²) in [6.45, 7) is 0.806. The quantitative estimate of drug-likeness (QED) is 0.446. The van der Waals surface area contributed by atoms with Gasteiger partial charge in [-0.15, -0.1) is 0 Å². The van der Waals surface area contributed by atoms with Crippen molar-refractivity contribution in [1.82, 2.24) is 4.90 Å². The highest BCUT2D eigenvalue weighted by molar-refractivity contribution is 5.69. The van der Waals surface area contributed by atoms with Crippen LogP contribution in [-0.4, -0.2) is 43.6 Å². The van der Waals surface area contributed by atoms with Crippen LogP contribution in [0.25, 0.3) is 0 Å². The molecule has 1 saturated heterocycles. The highest BCUT2D eigenvalue weighted by Crippen LogP contribution is 2.56. The van der Waals surface area contributed by atoms with Gasteiger partial charge >= 0.3 is 12.2 Å². The lowest BCUT2D eigenvalue weighted by Gasteiger charge is -2.58. The number of piperidine rings is 1. The molecule has 0 aromatic heterocycles. The maximum atomic E-state index is 13.1. The summed E-state index contributed by atoms with van der Waals surface area (Å²) in [5, 5.41) is 0. The number of carbonyl (C=O) groups excluding carboxylic acids is 2. The summed E-state index contributed by atoms with van der Waals surface area (Å²) >= 11 is 0. The van der Waals surface area contributed by atoms with E-state index >= 15 is 0 Å². The molecule has 7 heteroatoms. The fourth-order valence-corrected chi connectivity index (χ4v) is 6.31. The first-order valence-electron chi connectivity index (χ1n) is 12.0. The number of likely N-dealkylation sites (tertiary alicyclic amines) is 1. The molecule has 3 atom stereocenters. The highest BCUT2D eigenvalue weighted by atomic mass is 16.8. The lowest BCUT2D eigenvalue weighted by Crippen LogP contribution is -2.62. The van der Waals surface area contributed by atoms with Crippen LogP contribution in [0.1, 0.15) is 48.8 Å². The molecule has 5 rings (SSSR count). The topological polar surface area (TPSA) is 74.3 Å². The Labute approximate surface area is 199 Å². The first-order chi connectivity index (χ1) is 16.6. The van der Waals surface area contributed by atoms with Crippen molar-refractivity contribution >= 4 is 12.2 Å². The molecule has 34 heavy (non-hydrogen) atoms. The third kappa shape index (κ3) is 4.19. The van der Waals surface area contributed by atoms with Crippen LogP contribution in [0.4, 0.5) is 9.59 Å². The van der Waals surface area contributed by atoms with Gasteiger partial charge < -0.3 is 23.8 Å². The summed E-state index contributed by atoms with van der Waals surface area (Å²) in [6.07, 6.45) is 5.38. The van der Waals surface area contributed by atoms with Gasteiger partial charge in [0.05, 0.1) is 7.11 Å². The Morgan fingerprint density at radius 3 is 2.74 bits per heavy atom. The van der Waals surface area contributed by atoms with Gasteiger partial charge in [0.15, 0.2) is 0 Å². The number of ether oxygens (including phenoxy) is 4. The van der Waals surface area contributed by atoms with Gasteiger partial charge in [-0.25, -0.2) is 9.59 Å². The van der Waals surface area contributed by atoms with Crippen molar-refractivity contribution in [2.75, 3.05) is 20.4 Å². The second-order valence-electron chi connectivity index (χ2n) is 9.44. The molecule has 2 aliphatic carbocycles. The SMILES string of the molecule is COC(=O)OCOc1ccc2c(c1)[C@]13CCCC[C@@H]1[C@@H](C2)N(C(=O)OCc1ccccc1)CC3. The molecule has 1 aliphatic heterocycles. The van der Waals surface area contributed by atoms with Crippen molar-refractivity contribution in [2.24, 2.45) is 5.92 Å². The molecule has 2 aromatic rings. The molecule has 0 N–H and O–H groups in total. The zero-order valence-corrected chi connectivity index (χ0v) is 19.5. The van der Waals surface area contributed by atoms with E-state index in [9.17, 15) is 9.59 Å². The molecule has 1 heterocycles. The first-order valence-corrected chi connectivity index (χ1v) is 12.0. The van der Waals surface area contributed by atoms with Gasteiger partial charge in [0, 0.05) is 18.0 Å². The van der Waals surface area contributed by atoms with Gasteiger partial charge in [-0.05, 0) is 60.4 Å². The largest absolute Gasteiger partial charge is 0.510 e. The minimum Gasteiger partial charge on any atom is -0.457 e. The van der Waals surface area contributed by atoms with Crippen LogP contribution in [-0.2, 0) is 32.7 Å². The van der Waals surface area contributed by atoms with E-state index in [1.807, 2.05) is 41.3 Å². The van der Waals surface area contributed by atoms with E-state index in [0.29, 0.717) is 24.8 Å². The molecule has 2 aromatic carbocycles. The number of rotatable bonds is 5. The molecule has 0 unspecified atom stereocenters. The smallest absolute Gasteiger partial charge is 0.457 e. The van der Waals surface area contributed by atoms with Gasteiger partial charge in [-0.3, -0.25) is 0 Å². The second-order valence-corrected chi connectivity index (χ2v) is 9.44. The number of hydrogen-bond donors (Lipinski definition) is 0. The lowest BCUT2D eigenvalue weighted by molar-refractivity contribution is -0.0141. The fraction of sp³-hybridized carbons (Fsp3) is 0.481. The molecule has 1 amide bonds. The van der Waals surface area contributed by atoms with E-state index in [-0.39, 0.29) is 24.3 Å². The summed E-state index contributed by atoms with van der Waals surface area (Å²) < 4.78 is 20.8. The minimum atomic E-state index is -0.765. The molecule has 3 aliphatic rings. The molecule has 180 valence electrons. The Morgan fingerprint density at radius 2 is 1.91 bits per heavy atom. The van der Waals surface area contributed by atoms with Crippen LogP contribution in [0.3, 0.4) is 0 Å². The monoisotopic (exact) mass is 465 g/mol. The predicted molar refractivity (Wildman–Crippen MR) is 125 cm³/mol. The van der Waals surface area contributed by atoms with Crippen LogP contribution in [0.15, 0.2) is 48.5 Å². The van der Waals surface area contributed by atoms with Crippen LogP contribution in [0.5, 0.6) is 5.75 Å². The lowest BCUT2D eigenvalue weighted by atomic mass is 9.52. The van der Waals surface area contributed by atoms with Crippen molar-refractivity contribution in [1.29, 1.82) is 0 Å². The van der Waals surface area contributed by atoms with Crippen LogP contribution >= 0.6 is 0 Å². The van der Waals surface area contributed by atoms with Gasteiger partial charge in [0.1, 0.15) is 12.4 Å². The molecule has 0 radical (unpaired) electrons. The molecule has 7 nitrogen and oxygen atoms in total. The molecular formula is C27H31NO6. The van der Waals surface area contributed by atoms with Crippen molar-refractivity contribution in [3.8, 4) is 5.75 Å². The number of amides is 1. The average Bonchev–Trinajstić information content (AvgIpc) is 2.88. The third-order valence-electron chi connectivity index (χ3n) is 7.82. The van der Waals surface area contributed by atoms with Gasteiger partial charge in [-0.1, -0.05) is 49.2 Å². The summed E-state index contributed by atoms with van der Waals surface area (Å²) in [5.41, 5.74) is 3.65. The Balaban J connectivity index is 1.35. The second kappa shape index (κ2) is 9.57. The maximum absolute atomic E-state index is 13.1. The van der Waals surface area contributed by atoms with E-state index in [0.717, 1.165) is 31.2 Å². The molecular weight excluding hydrogens is 434 g/mol. The number of nitrogens with zero attached hydrogens (tertiary/aromatic N) is 1. The van der Waals surface area contributed by atoms with E-state index in [1.165, 1.54) is 31.1 Å². The van der Waals surface area contributed by atoms with Crippen molar-refractivity contribution in [3.63, 3.8) is 0 Å². The fourth-order valence-electron chi connectivity index (χ4n) is 6.31.